The molecule has 1 rings (SSSR count). The maximum Gasteiger partial charge on any atom is 0.331 e. The maximum absolute atomic E-state index is 12.4. The van der Waals surface area contributed by atoms with Crippen LogP contribution in [-0.2, 0) is 24.3 Å². The minimum Gasteiger partial charge on any atom is -0.449 e. The Morgan fingerprint density at radius 3 is 2.22 bits per heavy atom. The molecule has 0 radical (unpaired) electrons. The van der Waals surface area contributed by atoms with Crippen LogP contribution in [0.4, 0.5) is 4.79 Å². The summed E-state index contributed by atoms with van der Waals surface area (Å²) in [4.78, 5) is 33.9. The molecule has 0 aliphatic carbocycles. The van der Waals surface area contributed by atoms with E-state index in [9.17, 15) is 22.8 Å². The van der Waals surface area contributed by atoms with Crippen molar-refractivity contribution in [2.75, 3.05) is 13.1 Å². The van der Waals surface area contributed by atoms with E-state index < -0.39 is 34.0 Å². The summed E-state index contributed by atoms with van der Waals surface area (Å²) in [5.74, 6) is -1.64. The zero-order valence-electron chi connectivity index (χ0n) is 15.3. The van der Waals surface area contributed by atoms with Gasteiger partial charge in [0.15, 0.2) is 6.10 Å². The number of carbonyl (C=O) groups is 3. The van der Waals surface area contributed by atoms with Gasteiger partial charge in [0.1, 0.15) is 0 Å². The van der Waals surface area contributed by atoms with E-state index in [1.807, 2.05) is 0 Å². The lowest BCUT2D eigenvalue weighted by Gasteiger charge is -2.18. The smallest absolute Gasteiger partial charge is 0.331 e. The average molecular weight is 397 g/mol. The molecule has 148 valence electrons. The van der Waals surface area contributed by atoms with Gasteiger partial charge >= 0.3 is 12.0 Å². The van der Waals surface area contributed by atoms with Crippen molar-refractivity contribution < 1.29 is 27.5 Å². The van der Waals surface area contributed by atoms with Crippen LogP contribution in [-0.4, -0.2) is 49.8 Å². The molecule has 0 saturated carbocycles. The van der Waals surface area contributed by atoms with E-state index in [1.165, 1.54) is 29.4 Å². The molecular weight excluding hydrogens is 374 g/mol. The normalized spacial score (nSPS) is 12.7. The molecule has 10 heteroatoms. The van der Waals surface area contributed by atoms with Gasteiger partial charge in [-0.05, 0) is 30.7 Å². The van der Waals surface area contributed by atoms with Gasteiger partial charge in [0.2, 0.25) is 10.0 Å². The number of carbonyl (C=O) groups excluding carboxylic acids is 3. The van der Waals surface area contributed by atoms with Gasteiger partial charge in [-0.2, -0.15) is 4.31 Å². The quantitative estimate of drug-likeness (QED) is 0.493. The number of hydrogen-bond donors (Lipinski definition) is 2. The Kier molecular flexibility index (Phi) is 8.13. The van der Waals surface area contributed by atoms with Crippen molar-refractivity contribution in [3.8, 4) is 0 Å². The summed E-state index contributed by atoms with van der Waals surface area (Å²) in [6, 6.07) is 4.94. The van der Waals surface area contributed by atoms with Crippen LogP contribution >= 0.6 is 0 Å². The van der Waals surface area contributed by atoms with E-state index >= 15 is 0 Å². The number of amides is 3. The van der Waals surface area contributed by atoms with Gasteiger partial charge in [0.05, 0.1) is 4.90 Å². The van der Waals surface area contributed by atoms with E-state index in [4.69, 9.17) is 10.5 Å². The van der Waals surface area contributed by atoms with Crippen LogP contribution < -0.4 is 11.1 Å². The van der Waals surface area contributed by atoms with Crippen LogP contribution in [0.1, 0.15) is 26.3 Å². The molecule has 0 fully saturated rings. The molecule has 0 aromatic heterocycles. The van der Waals surface area contributed by atoms with Crippen molar-refractivity contribution in [1.82, 2.24) is 9.62 Å². The van der Waals surface area contributed by atoms with Crippen molar-refractivity contribution in [3.63, 3.8) is 0 Å². The van der Waals surface area contributed by atoms with E-state index in [0.717, 1.165) is 6.08 Å². The van der Waals surface area contributed by atoms with Crippen molar-refractivity contribution in [3.05, 3.63) is 35.9 Å². The van der Waals surface area contributed by atoms with Gasteiger partial charge in [-0.3, -0.25) is 10.1 Å². The Morgan fingerprint density at radius 2 is 1.74 bits per heavy atom. The van der Waals surface area contributed by atoms with Crippen LogP contribution in [0.5, 0.6) is 0 Å². The van der Waals surface area contributed by atoms with Gasteiger partial charge < -0.3 is 10.5 Å². The summed E-state index contributed by atoms with van der Waals surface area (Å²) in [5, 5.41) is 1.80. The summed E-state index contributed by atoms with van der Waals surface area (Å²) in [6.07, 6.45) is 1.30. The second kappa shape index (κ2) is 9.83. The zero-order valence-corrected chi connectivity index (χ0v) is 16.2. The molecule has 0 heterocycles. The average Bonchev–Trinajstić information content (AvgIpc) is 2.60. The Balaban J connectivity index is 2.76. The molecule has 3 N–H and O–H groups in total. The molecule has 27 heavy (non-hydrogen) atoms. The lowest BCUT2D eigenvalue weighted by atomic mass is 10.2. The fraction of sp³-hybridized carbons (Fsp3) is 0.353. The fourth-order valence-corrected chi connectivity index (χ4v) is 3.58. The standard InChI is InChI=1S/C17H23N3O6S/c1-4-20(5-2)27(24,25)14-9-6-13(7-10-14)8-11-15(21)26-12(3)16(22)19-17(18)23/h6-12H,4-5H2,1-3H3,(H3,18,19,22,23). The minimum atomic E-state index is -3.55. The van der Waals surface area contributed by atoms with E-state index in [1.54, 1.807) is 31.3 Å². The molecule has 0 aliphatic rings. The van der Waals surface area contributed by atoms with Gasteiger partial charge in [-0.1, -0.05) is 26.0 Å². The lowest BCUT2D eigenvalue weighted by molar-refractivity contribution is -0.149. The topological polar surface area (TPSA) is 136 Å². The van der Waals surface area contributed by atoms with Gasteiger partial charge in [-0.15, -0.1) is 0 Å². The predicted molar refractivity (Wildman–Crippen MR) is 98.9 cm³/mol. The molecule has 1 aromatic rings. The first-order valence-electron chi connectivity index (χ1n) is 8.21. The summed E-state index contributed by atoms with van der Waals surface area (Å²) in [5.41, 5.74) is 5.37. The number of benzene rings is 1. The second-order valence-electron chi connectivity index (χ2n) is 5.42. The van der Waals surface area contributed by atoms with Gasteiger partial charge in [0.25, 0.3) is 5.91 Å². The molecule has 1 unspecified atom stereocenters. The van der Waals surface area contributed by atoms with Crippen molar-refractivity contribution in [1.29, 1.82) is 0 Å². The third-order valence-corrected chi connectivity index (χ3v) is 5.61. The molecule has 0 spiro atoms. The number of esters is 1. The molecule has 0 saturated heterocycles. The van der Waals surface area contributed by atoms with E-state index in [-0.39, 0.29) is 4.90 Å². The first-order chi connectivity index (χ1) is 12.6. The zero-order chi connectivity index (χ0) is 20.6. The largest absolute Gasteiger partial charge is 0.449 e. The number of primary amides is 1. The number of nitrogens with two attached hydrogens (primary N) is 1. The predicted octanol–water partition coefficient (Wildman–Crippen LogP) is 0.857. The first-order valence-corrected chi connectivity index (χ1v) is 9.65. The molecule has 1 aromatic carbocycles. The van der Waals surface area contributed by atoms with Crippen molar-refractivity contribution in [2.45, 2.75) is 31.8 Å². The highest BCUT2D eigenvalue weighted by molar-refractivity contribution is 7.89. The summed E-state index contributed by atoms with van der Waals surface area (Å²) in [7, 11) is -3.55. The monoisotopic (exact) mass is 397 g/mol. The van der Waals surface area contributed by atoms with Crippen LogP contribution in [0.25, 0.3) is 6.08 Å². The SMILES string of the molecule is CCN(CC)S(=O)(=O)c1ccc(C=CC(=O)OC(C)C(=O)NC(N)=O)cc1. The van der Waals surface area contributed by atoms with Gasteiger partial charge in [-0.25, -0.2) is 18.0 Å². The number of hydrogen-bond acceptors (Lipinski definition) is 6. The molecule has 0 bridgehead atoms. The van der Waals surface area contributed by atoms with Crippen LogP contribution in [0, 0.1) is 0 Å². The third-order valence-electron chi connectivity index (χ3n) is 3.54. The van der Waals surface area contributed by atoms with Crippen LogP contribution in [0.15, 0.2) is 35.2 Å². The fourth-order valence-electron chi connectivity index (χ4n) is 2.12. The van der Waals surface area contributed by atoms with E-state index in [2.05, 4.69) is 0 Å². The molecular formula is C17H23N3O6S. The third kappa shape index (κ3) is 6.50. The Hall–Kier alpha value is -2.72. The second-order valence-corrected chi connectivity index (χ2v) is 7.36. The maximum atomic E-state index is 12.4. The number of imide groups is 1. The van der Waals surface area contributed by atoms with Crippen LogP contribution in [0.3, 0.4) is 0 Å². The molecule has 1 atom stereocenters. The number of rotatable bonds is 8. The summed E-state index contributed by atoms with van der Waals surface area (Å²) >= 11 is 0. The number of nitrogens with one attached hydrogen (secondary N) is 1. The Morgan fingerprint density at radius 1 is 1.19 bits per heavy atom. The number of ether oxygens (including phenoxy) is 1. The Labute approximate surface area is 158 Å². The summed E-state index contributed by atoms with van der Waals surface area (Å²) in [6.45, 7) is 5.54. The van der Waals surface area contributed by atoms with Gasteiger partial charge in [0, 0.05) is 19.2 Å². The highest BCUT2D eigenvalue weighted by atomic mass is 32.2. The molecule has 9 nitrogen and oxygen atoms in total. The van der Waals surface area contributed by atoms with E-state index in [0.29, 0.717) is 18.7 Å². The number of sulfonamides is 1. The van der Waals surface area contributed by atoms with Crippen molar-refractivity contribution >= 4 is 34.0 Å². The number of urea groups is 1. The Bertz CT molecular complexity index is 814. The van der Waals surface area contributed by atoms with Crippen molar-refractivity contribution in [2.24, 2.45) is 5.73 Å². The molecule has 3 amide bonds. The highest BCUT2D eigenvalue weighted by Crippen LogP contribution is 2.16. The minimum absolute atomic E-state index is 0.155. The summed E-state index contributed by atoms with van der Waals surface area (Å²) < 4.78 is 31.0. The first kappa shape index (κ1) is 22.3. The highest BCUT2D eigenvalue weighted by Gasteiger charge is 2.21. The number of nitrogens with zero attached hydrogens (tertiary/aromatic N) is 1. The lowest BCUT2D eigenvalue weighted by Crippen LogP contribution is -2.42. The van der Waals surface area contributed by atoms with Crippen LogP contribution in [0.2, 0.25) is 0 Å². The molecule has 0 aliphatic heterocycles.